The van der Waals surface area contributed by atoms with Gasteiger partial charge < -0.3 is 14.5 Å². The minimum Gasteiger partial charge on any atom is -0.488 e. The van der Waals surface area contributed by atoms with E-state index in [1.807, 2.05) is 36.1 Å². The Labute approximate surface area is 157 Å². The molecule has 0 radical (unpaired) electrons. The van der Waals surface area contributed by atoms with E-state index in [4.69, 9.17) is 4.74 Å². The third-order valence-electron chi connectivity index (χ3n) is 5.76. The molecule has 2 fully saturated rings. The maximum Gasteiger partial charge on any atom is 0.257 e. The number of para-hydroxylation sites is 1. The summed E-state index contributed by atoms with van der Waals surface area (Å²) < 4.78 is 5.79. The van der Waals surface area contributed by atoms with Crippen LogP contribution in [0, 0.1) is 0 Å². The summed E-state index contributed by atoms with van der Waals surface area (Å²) in [5.41, 5.74) is 1.80. The molecule has 1 aromatic rings. The minimum absolute atomic E-state index is 0.0731. The number of likely N-dealkylation sites (tertiary alicyclic amines) is 1. The molecule has 1 spiro atoms. The molecule has 5 heteroatoms. The van der Waals surface area contributed by atoms with Crippen LogP contribution in [0.5, 0.6) is 5.75 Å². The summed E-state index contributed by atoms with van der Waals surface area (Å²) in [7, 11) is 4.42. The van der Waals surface area contributed by atoms with Gasteiger partial charge >= 0.3 is 0 Å². The topological polar surface area (TPSA) is 36.0 Å². The molecule has 1 aromatic carbocycles. The number of rotatable bonds is 4. The van der Waals surface area contributed by atoms with E-state index in [1.54, 1.807) is 0 Å². The van der Waals surface area contributed by atoms with Gasteiger partial charge in [0.2, 0.25) is 0 Å². The van der Waals surface area contributed by atoms with E-state index in [-0.39, 0.29) is 11.4 Å². The molecule has 0 atom stereocenters. The second kappa shape index (κ2) is 7.80. The standard InChI is InChI=1S/C21H31N3O2/c1-17(2)15-26-19-8-6-5-7-18(19)20(25)24-11-9-21(10-12-24)16-22(3)13-14-23(21)4/h5-8H,1,9-16H2,2-4H3. The zero-order valence-electron chi connectivity index (χ0n) is 16.3. The van der Waals surface area contributed by atoms with Crippen molar-refractivity contribution in [3.63, 3.8) is 0 Å². The SMILES string of the molecule is C=C(C)COc1ccccc1C(=O)N1CCC2(CC1)CN(C)CCN2C. The van der Waals surface area contributed by atoms with Gasteiger partial charge in [-0.05, 0) is 51.6 Å². The Bertz CT molecular complexity index is 665. The smallest absolute Gasteiger partial charge is 0.257 e. The van der Waals surface area contributed by atoms with Crippen LogP contribution in [0.2, 0.25) is 0 Å². The number of piperazine rings is 1. The summed E-state index contributed by atoms with van der Waals surface area (Å²) in [4.78, 5) is 20.0. The van der Waals surface area contributed by atoms with E-state index in [0.29, 0.717) is 17.9 Å². The van der Waals surface area contributed by atoms with Crippen molar-refractivity contribution in [2.24, 2.45) is 0 Å². The Kier molecular flexibility index (Phi) is 5.68. The molecule has 2 aliphatic rings. The summed E-state index contributed by atoms with van der Waals surface area (Å²) in [6, 6.07) is 7.53. The fraction of sp³-hybridized carbons (Fsp3) is 0.571. The molecule has 0 N–H and O–H groups in total. The highest BCUT2D eigenvalue weighted by molar-refractivity contribution is 5.97. The molecule has 0 aliphatic carbocycles. The molecule has 0 saturated carbocycles. The first-order valence-electron chi connectivity index (χ1n) is 9.46. The van der Waals surface area contributed by atoms with Crippen LogP contribution in [0.15, 0.2) is 36.4 Å². The molecule has 142 valence electrons. The van der Waals surface area contributed by atoms with Crippen LogP contribution in [0.3, 0.4) is 0 Å². The number of piperidine rings is 1. The second-order valence-electron chi connectivity index (χ2n) is 7.92. The van der Waals surface area contributed by atoms with E-state index in [2.05, 4.69) is 30.5 Å². The molecule has 26 heavy (non-hydrogen) atoms. The van der Waals surface area contributed by atoms with Gasteiger partial charge in [0.15, 0.2) is 0 Å². The van der Waals surface area contributed by atoms with Gasteiger partial charge in [-0.15, -0.1) is 0 Å². The summed E-state index contributed by atoms with van der Waals surface area (Å²) in [5, 5.41) is 0. The average Bonchev–Trinajstić information content (AvgIpc) is 2.64. The Morgan fingerprint density at radius 2 is 1.85 bits per heavy atom. The van der Waals surface area contributed by atoms with Crippen molar-refractivity contribution >= 4 is 5.91 Å². The fourth-order valence-corrected chi connectivity index (χ4v) is 4.07. The maximum absolute atomic E-state index is 13.1. The van der Waals surface area contributed by atoms with Crippen molar-refractivity contribution in [3.8, 4) is 5.75 Å². The van der Waals surface area contributed by atoms with E-state index in [0.717, 1.165) is 51.1 Å². The van der Waals surface area contributed by atoms with E-state index < -0.39 is 0 Å². The monoisotopic (exact) mass is 357 g/mol. The highest BCUT2D eigenvalue weighted by Crippen LogP contribution is 2.32. The van der Waals surface area contributed by atoms with Gasteiger partial charge in [-0.3, -0.25) is 9.69 Å². The highest BCUT2D eigenvalue weighted by Gasteiger charge is 2.42. The lowest BCUT2D eigenvalue weighted by molar-refractivity contribution is -0.0158. The molecule has 2 heterocycles. The predicted octanol–water partition coefficient (Wildman–Crippen LogP) is 2.49. The molecule has 3 rings (SSSR count). The molecule has 0 unspecified atom stereocenters. The van der Waals surface area contributed by atoms with E-state index in [1.165, 1.54) is 0 Å². The van der Waals surface area contributed by atoms with Gasteiger partial charge in [-0.2, -0.15) is 0 Å². The zero-order chi connectivity index (χ0) is 18.7. The Morgan fingerprint density at radius 1 is 1.15 bits per heavy atom. The minimum atomic E-state index is 0.0731. The first-order chi connectivity index (χ1) is 12.4. The van der Waals surface area contributed by atoms with Crippen molar-refractivity contribution in [1.29, 1.82) is 0 Å². The Hall–Kier alpha value is -1.85. The van der Waals surface area contributed by atoms with Gasteiger partial charge in [-0.1, -0.05) is 18.7 Å². The second-order valence-corrected chi connectivity index (χ2v) is 7.92. The molecule has 0 aromatic heterocycles. The van der Waals surface area contributed by atoms with Crippen molar-refractivity contribution in [1.82, 2.24) is 14.7 Å². The van der Waals surface area contributed by atoms with Crippen LogP contribution < -0.4 is 4.74 Å². The summed E-state index contributed by atoms with van der Waals surface area (Å²) in [5.74, 6) is 0.722. The number of likely N-dealkylation sites (N-methyl/N-ethyl adjacent to an activating group) is 2. The summed E-state index contributed by atoms with van der Waals surface area (Å²) in [6.07, 6.45) is 2.04. The van der Waals surface area contributed by atoms with Crippen LogP contribution in [0.1, 0.15) is 30.1 Å². The van der Waals surface area contributed by atoms with Gasteiger partial charge in [-0.25, -0.2) is 0 Å². The number of hydrogen-bond donors (Lipinski definition) is 0. The lowest BCUT2D eigenvalue weighted by atomic mass is 9.83. The number of benzene rings is 1. The molecule has 2 saturated heterocycles. The van der Waals surface area contributed by atoms with Crippen LogP contribution in [-0.2, 0) is 0 Å². The number of ether oxygens (including phenoxy) is 1. The van der Waals surface area contributed by atoms with Crippen molar-refractivity contribution < 1.29 is 9.53 Å². The van der Waals surface area contributed by atoms with E-state index in [9.17, 15) is 4.79 Å². The van der Waals surface area contributed by atoms with Gasteiger partial charge in [0.25, 0.3) is 5.91 Å². The molecular formula is C21H31N3O2. The fourth-order valence-electron chi connectivity index (χ4n) is 4.07. The third kappa shape index (κ3) is 3.94. The molecule has 1 amide bonds. The van der Waals surface area contributed by atoms with Gasteiger partial charge in [0.1, 0.15) is 12.4 Å². The van der Waals surface area contributed by atoms with Gasteiger partial charge in [0.05, 0.1) is 5.56 Å². The number of amides is 1. The normalized spacial score (nSPS) is 21.0. The quantitative estimate of drug-likeness (QED) is 0.776. The number of carbonyl (C=O) groups excluding carboxylic acids is 1. The first kappa shape index (κ1) is 18.9. The van der Waals surface area contributed by atoms with Gasteiger partial charge in [0, 0.05) is 38.3 Å². The largest absolute Gasteiger partial charge is 0.488 e. The van der Waals surface area contributed by atoms with Crippen LogP contribution >= 0.6 is 0 Å². The van der Waals surface area contributed by atoms with Crippen LogP contribution in [0.25, 0.3) is 0 Å². The highest BCUT2D eigenvalue weighted by atomic mass is 16.5. The van der Waals surface area contributed by atoms with E-state index >= 15 is 0 Å². The summed E-state index contributed by atoms with van der Waals surface area (Å²) >= 11 is 0. The summed E-state index contributed by atoms with van der Waals surface area (Å²) in [6.45, 7) is 11.1. The number of carbonyl (C=O) groups is 1. The molecule has 0 bridgehead atoms. The lowest BCUT2D eigenvalue weighted by Gasteiger charge is -2.52. The zero-order valence-corrected chi connectivity index (χ0v) is 16.3. The number of nitrogens with zero attached hydrogens (tertiary/aromatic N) is 3. The molecule has 2 aliphatic heterocycles. The lowest BCUT2D eigenvalue weighted by Crippen LogP contribution is -2.64. The number of hydrogen-bond acceptors (Lipinski definition) is 4. The predicted molar refractivity (Wildman–Crippen MR) is 105 cm³/mol. The van der Waals surface area contributed by atoms with Crippen LogP contribution in [-0.4, -0.2) is 79.6 Å². The van der Waals surface area contributed by atoms with Crippen molar-refractivity contribution in [2.75, 3.05) is 53.4 Å². The van der Waals surface area contributed by atoms with Crippen molar-refractivity contribution in [3.05, 3.63) is 42.0 Å². The van der Waals surface area contributed by atoms with Crippen LogP contribution in [0.4, 0.5) is 0 Å². The molecular weight excluding hydrogens is 326 g/mol. The average molecular weight is 357 g/mol. The first-order valence-corrected chi connectivity index (χ1v) is 9.46. The molecule has 5 nitrogen and oxygen atoms in total. The third-order valence-corrected chi connectivity index (χ3v) is 5.76. The van der Waals surface area contributed by atoms with Crippen molar-refractivity contribution in [2.45, 2.75) is 25.3 Å². The Morgan fingerprint density at radius 3 is 2.54 bits per heavy atom. The maximum atomic E-state index is 13.1. The Balaban J connectivity index is 1.68.